The van der Waals surface area contributed by atoms with Gasteiger partial charge in [-0.15, -0.1) is 0 Å². The third-order valence-electron chi connectivity index (χ3n) is 5.48. The van der Waals surface area contributed by atoms with Crippen LogP contribution in [0.3, 0.4) is 0 Å². The normalized spacial score (nSPS) is 13.8. The van der Waals surface area contributed by atoms with Crippen molar-refractivity contribution in [3.63, 3.8) is 0 Å². The first-order chi connectivity index (χ1) is 15.6. The summed E-state index contributed by atoms with van der Waals surface area (Å²) in [6.45, 7) is 4.22. The van der Waals surface area contributed by atoms with Crippen LogP contribution < -0.4 is 4.74 Å². The minimum absolute atomic E-state index is 0.257. The Morgan fingerprint density at radius 2 is 1.59 bits per heavy atom. The van der Waals surface area contributed by atoms with E-state index in [-0.39, 0.29) is 11.8 Å². The molecule has 0 radical (unpaired) electrons. The number of unbranched alkanes of at least 4 members (excludes halogenated alkanes) is 1. The van der Waals surface area contributed by atoms with Crippen LogP contribution in [0, 0.1) is 0 Å². The lowest BCUT2D eigenvalue weighted by Gasteiger charge is -2.21. The van der Waals surface area contributed by atoms with Gasteiger partial charge in [-0.2, -0.15) is 0 Å². The zero-order valence-electron chi connectivity index (χ0n) is 19.2. The number of imide groups is 1. The fraction of sp³-hybridized carbons (Fsp3) is 0.385. The monoisotopic (exact) mass is 436 g/mol. The molecular weight excluding hydrogens is 404 g/mol. The minimum atomic E-state index is -0.261. The van der Waals surface area contributed by atoms with Crippen LogP contribution in [0.2, 0.25) is 0 Å². The van der Waals surface area contributed by atoms with Gasteiger partial charge in [0, 0.05) is 33.4 Å². The molecule has 0 atom stereocenters. The van der Waals surface area contributed by atoms with Crippen molar-refractivity contribution in [1.29, 1.82) is 0 Å². The molecule has 0 saturated carbocycles. The number of benzene rings is 2. The largest absolute Gasteiger partial charge is 0.497 e. The Hall–Kier alpha value is -3.12. The second-order valence-corrected chi connectivity index (χ2v) is 7.88. The molecule has 2 aromatic rings. The van der Waals surface area contributed by atoms with E-state index in [1.54, 1.807) is 19.2 Å². The van der Waals surface area contributed by atoms with Gasteiger partial charge in [0.2, 0.25) is 0 Å². The number of carbonyl (C=O) groups excluding carboxylic acids is 2. The Morgan fingerprint density at radius 1 is 0.906 bits per heavy atom. The van der Waals surface area contributed by atoms with Crippen LogP contribution in [0.5, 0.6) is 5.75 Å². The third-order valence-corrected chi connectivity index (χ3v) is 5.48. The lowest BCUT2D eigenvalue weighted by atomic mass is 10.0. The van der Waals surface area contributed by atoms with E-state index in [0.29, 0.717) is 55.3 Å². The summed E-state index contributed by atoms with van der Waals surface area (Å²) in [5, 5.41) is 0. The minimum Gasteiger partial charge on any atom is -0.497 e. The molecule has 6 heteroatoms. The van der Waals surface area contributed by atoms with E-state index >= 15 is 0 Å². The summed E-state index contributed by atoms with van der Waals surface area (Å²) in [7, 11) is 3.45. The van der Waals surface area contributed by atoms with Crippen molar-refractivity contribution in [1.82, 2.24) is 9.80 Å². The summed E-state index contributed by atoms with van der Waals surface area (Å²) in [5.74, 6) is 0.183. The van der Waals surface area contributed by atoms with E-state index < -0.39 is 0 Å². The summed E-state index contributed by atoms with van der Waals surface area (Å²) in [6, 6.07) is 17.2. The second-order valence-electron chi connectivity index (χ2n) is 7.88. The van der Waals surface area contributed by atoms with Gasteiger partial charge in [-0.05, 0) is 36.1 Å². The molecule has 1 aliphatic heterocycles. The molecular formula is C26H32N2O4. The van der Waals surface area contributed by atoms with Crippen molar-refractivity contribution in [2.45, 2.75) is 32.7 Å². The maximum atomic E-state index is 13.4. The molecule has 0 aliphatic carbocycles. The SMILES string of the molecule is CCCCOCCCN1C(=O)C(c2ccc(OC)cc2)=C(N(C)Cc2ccccc2)C1=O. The van der Waals surface area contributed by atoms with Gasteiger partial charge in [0.25, 0.3) is 11.8 Å². The molecule has 2 amide bonds. The molecule has 0 aromatic heterocycles. The highest BCUT2D eigenvalue weighted by Gasteiger charge is 2.40. The molecule has 32 heavy (non-hydrogen) atoms. The Kier molecular flexibility index (Phi) is 8.45. The number of ether oxygens (including phenoxy) is 2. The van der Waals surface area contributed by atoms with E-state index in [4.69, 9.17) is 9.47 Å². The topological polar surface area (TPSA) is 59.1 Å². The number of methoxy groups -OCH3 is 1. The fourth-order valence-corrected chi connectivity index (χ4v) is 3.75. The van der Waals surface area contributed by atoms with E-state index in [9.17, 15) is 9.59 Å². The molecule has 3 rings (SSSR count). The van der Waals surface area contributed by atoms with Crippen molar-refractivity contribution in [2.24, 2.45) is 0 Å². The molecule has 0 N–H and O–H groups in total. The zero-order valence-corrected chi connectivity index (χ0v) is 19.2. The average molecular weight is 437 g/mol. The smallest absolute Gasteiger partial charge is 0.277 e. The Balaban J connectivity index is 1.83. The van der Waals surface area contributed by atoms with Gasteiger partial charge in [0.15, 0.2) is 0 Å². The molecule has 2 aromatic carbocycles. The van der Waals surface area contributed by atoms with Crippen molar-refractivity contribution < 1.29 is 19.1 Å². The molecule has 0 fully saturated rings. The first-order valence-electron chi connectivity index (χ1n) is 11.1. The van der Waals surface area contributed by atoms with Gasteiger partial charge in [0.1, 0.15) is 11.4 Å². The Bertz CT molecular complexity index is 938. The predicted molar refractivity (Wildman–Crippen MR) is 125 cm³/mol. The average Bonchev–Trinajstić information content (AvgIpc) is 3.06. The predicted octanol–water partition coefficient (Wildman–Crippen LogP) is 4.11. The van der Waals surface area contributed by atoms with Gasteiger partial charge in [-0.1, -0.05) is 55.8 Å². The number of nitrogens with zero attached hydrogens (tertiary/aromatic N) is 2. The van der Waals surface area contributed by atoms with Crippen LogP contribution in [-0.2, 0) is 20.9 Å². The summed E-state index contributed by atoms with van der Waals surface area (Å²) < 4.78 is 10.9. The summed E-state index contributed by atoms with van der Waals surface area (Å²) in [5.41, 5.74) is 2.64. The van der Waals surface area contributed by atoms with Crippen molar-refractivity contribution >= 4 is 17.4 Å². The lowest BCUT2D eigenvalue weighted by Crippen LogP contribution is -2.35. The molecule has 0 unspecified atom stereocenters. The van der Waals surface area contributed by atoms with Crippen LogP contribution in [-0.4, -0.2) is 55.5 Å². The maximum Gasteiger partial charge on any atom is 0.277 e. The lowest BCUT2D eigenvalue weighted by molar-refractivity contribution is -0.137. The number of likely N-dealkylation sites (N-methyl/N-ethyl adjacent to an activating group) is 1. The number of hydrogen-bond acceptors (Lipinski definition) is 5. The highest BCUT2D eigenvalue weighted by molar-refractivity contribution is 6.35. The van der Waals surface area contributed by atoms with E-state index in [0.717, 1.165) is 18.4 Å². The second kappa shape index (κ2) is 11.5. The van der Waals surface area contributed by atoms with Gasteiger partial charge in [0.05, 0.1) is 12.7 Å². The standard InChI is InChI=1S/C26H32N2O4/c1-4-5-17-32-18-9-16-28-25(29)23(21-12-14-22(31-3)15-13-21)24(26(28)30)27(2)19-20-10-7-6-8-11-20/h6-8,10-15H,4-5,9,16-19H2,1-3H3. The highest BCUT2D eigenvalue weighted by Crippen LogP contribution is 2.32. The molecule has 170 valence electrons. The first kappa shape index (κ1) is 23.5. The number of hydrogen-bond donors (Lipinski definition) is 0. The molecule has 0 spiro atoms. The quantitative estimate of drug-likeness (QED) is 0.370. The maximum absolute atomic E-state index is 13.4. The van der Waals surface area contributed by atoms with Crippen LogP contribution in [0.4, 0.5) is 0 Å². The number of rotatable bonds is 12. The highest BCUT2D eigenvalue weighted by atomic mass is 16.5. The number of carbonyl (C=O) groups is 2. The third kappa shape index (κ3) is 5.56. The summed E-state index contributed by atoms with van der Waals surface area (Å²) in [6.07, 6.45) is 2.71. The van der Waals surface area contributed by atoms with Crippen LogP contribution in [0.25, 0.3) is 5.57 Å². The summed E-state index contributed by atoms with van der Waals surface area (Å²) >= 11 is 0. The first-order valence-corrected chi connectivity index (χ1v) is 11.1. The Morgan fingerprint density at radius 3 is 2.25 bits per heavy atom. The number of amides is 2. The van der Waals surface area contributed by atoms with Gasteiger partial charge >= 0.3 is 0 Å². The van der Waals surface area contributed by atoms with Gasteiger partial charge < -0.3 is 14.4 Å². The molecule has 0 saturated heterocycles. The molecule has 1 heterocycles. The van der Waals surface area contributed by atoms with Gasteiger partial charge in [-0.3, -0.25) is 14.5 Å². The van der Waals surface area contributed by atoms with Crippen molar-refractivity contribution in [3.8, 4) is 5.75 Å². The molecule has 6 nitrogen and oxygen atoms in total. The van der Waals surface area contributed by atoms with E-state index in [2.05, 4.69) is 6.92 Å². The Labute approximate surface area is 190 Å². The zero-order chi connectivity index (χ0) is 22.9. The van der Waals surface area contributed by atoms with Crippen molar-refractivity contribution in [2.75, 3.05) is 33.9 Å². The van der Waals surface area contributed by atoms with Crippen LogP contribution in [0.1, 0.15) is 37.3 Å². The van der Waals surface area contributed by atoms with Crippen molar-refractivity contribution in [3.05, 3.63) is 71.4 Å². The molecule has 1 aliphatic rings. The van der Waals surface area contributed by atoms with Gasteiger partial charge in [-0.25, -0.2) is 0 Å². The van der Waals surface area contributed by atoms with E-state index in [1.165, 1.54) is 4.90 Å². The van der Waals surface area contributed by atoms with Crippen LogP contribution in [0.15, 0.2) is 60.3 Å². The van der Waals surface area contributed by atoms with Crippen LogP contribution >= 0.6 is 0 Å². The molecule has 0 bridgehead atoms. The van der Waals surface area contributed by atoms with E-state index in [1.807, 2.05) is 54.4 Å². The fourth-order valence-electron chi connectivity index (χ4n) is 3.75. The summed E-state index contributed by atoms with van der Waals surface area (Å²) in [4.78, 5) is 29.9.